The third kappa shape index (κ3) is 3.26. The highest BCUT2D eigenvalue weighted by atomic mass is 16.5. The van der Waals surface area contributed by atoms with Crippen molar-refractivity contribution in [3.05, 3.63) is 24.3 Å². The van der Waals surface area contributed by atoms with Crippen LogP contribution in [-0.2, 0) is 9.59 Å². The van der Waals surface area contributed by atoms with E-state index in [9.17, 15) is 9.59 Å². The molecular weight excluding hydrogens is 266 g/mol. The van der Waals surface area contributed by atoms with Gasteiger partial charge in [0.15, 0.2) is 5.78 Å². The number of ether oxygens (including phenoxy) is 1. The third-order valence-electron chi connectivity index (χ3n) is 4.41. The van der Waals surface area contributed by atoms with E-state index in [0.29, 0.717) is 12.2 Å². The van der Waals surface area contributed by atoms with E-state index in [0.717, 1.165) is 44.3 Å². The van der Waals surface area contributed by atoms with Crippen LogP contribution in [0, 0.1) is 5.92 Å². The molecule has 21 heavy (non-hydrogen) atoms. The zero-order chi connectivity index (χ0) is 14.7. The molecule has 0 spiro atoms. The molecule has 1 saturated carbocycles. The average Bonchev–Trinajstić information content (AvgIpc) is 3.17. The number of amides is 1. The highest BCUT2D eigenvalue weighted by Crippen LogP contribution is 2.26. The highest BCUT2D eigenvalue weighted by Gasteiger charge is 2.23. The minimum atomic E-state index is 0.159. The smallest absolute Gasteiger partial charge is 0.227 e. The van der Waals surface area contributed by atoms with Gasteiger partial charge in [-0.2, -0.15) is 0 Å². The van der Waals surface area contributed by atoms with E-state index in [-0.39, 0.29) is 24.2 Å². The summed E-state index contributed by atoms with van der Waals surface area (Å²) in [6.07, 6.45) is 5.90. The number of hydrogen-bond donors (Lipinski definition) is 0. The van der Waals surface area contributed by atoms with Crippen molar-refractivity contribution in [3.63, 3.8) is 0 Å². The molecule has 0 radical (unpaired) electrons. The largest absolute Gasteiger partial charge is 0.486 e. The first-order valence-electron chi connectivity index (χ1n) is 7.80. The molecule has 0 atom stereocenters. The van der Waals surface area contributed by atoms with Crippen molar-refractivity contribution < 1.29 is 14.3 Å². The first-order valence-corrected chi connectivity index (χ1v) is 7.80. The van der Waals surface area contributed by atoms with Crippen molar-refractivity contribution >= 4 is 17.4 Å². The van der Waals surface area contributed by atoms with Crippen molar-refractivity contribution in [2.45, 2.75) is 38.5 Å². The van der Waals surface area contributed by atoms with Crippen LogP contribution in [0.25, 0.3) is 0 Å². The Bertz CT molecular complexity index is 517. The Labute approximate surface area is 125 Å². The monoisotopic (exact) mass is 287 g/mol. The molecule has 3 rings (SSSR count). The van der Waals surface area contributed by atoms with E-state index in [4.69, 9.17) is 4.74 Å². The summed E-state index contributed by atoms with van der Waals surface area (Å²) in [5.74, 6) is 1.29. The molecule has 1 aliphatic carbocycles. The molecule has 0 unspecified atom stereocenters. The molecule has 0 bridgehead atoms. The molecule has 112 valence electrons. The molecule has 0 N–H and O–H groups in total. The van der Waals surface area contributed by atoms with Crippen molar-refractivity contribution in [3.8, 4) is 5.75 Å². The van der Waals surface area contributed by atoms with Crippen molar-refractivity contribution in [2.24, 2.45) is 5.92 Å². The number of rotatable bonds is 5. The lowest BCUT2D eigenvalue weighted by Crippen LogP contribution is -2.23. The normalized spacial score (nSPS) is 19.2. The second-order valence-corrected chi connectivity index (χ2v) is 5.88. The van der Waals surface area contributed by atoms with E-state index in [1.807, 2.05) is 24.3 Å². The number of Topliss-reactive ketones (excluding diaryl/α,β-unsaturated/α-hetero) is 1. The van der Waals surface area contributed by atoms with Gasteiger partial charge in [-0.15, -0.1) is 0 Å². The van der Waals surface area contributed by atoms with Crippen LogP contribution in [0.4, 0.5) is 5.69 Å². The number of carbonyl (C=O) groups excluding carboxylic acids is 2. The predicted molar refractivity (Wildman–Crippen MR) is 80.5 cm³/mol. The van der Waals surface area contributed by atoms with Gasteiger partial charge in [0.1, 0.15) is 12.4 Å². The quantitative estimate of drug-likeness (QED) is 0.836. The molecule has 2 fully saturated rings. The summed E-state index contributed by atoms with van der Waals surface area (Å²) in [6.45, 7) is 0.950. The first kappa shape index (κ1) is 14.1. The second kappa shape index (κ2) is 6.29. The summed E-state index contributed by atoms with van der Waals surface area (Å²) in [7, 11) is 0. The van der Waals surface area contributed by atoms with E-state index in [1.165, 1.54) is 0 Å². The van der Waals surface area contributed by atoms with Gasteiger partial charge in [-0.3, -0.25) is 9.59 Å². The van der Waals surface area contributed by atoms with Crippen LogP contribution >= 0.6 is 0 Å². The summed E-state index contributed by atoms with van der Waals surface area (Å²) in [5.41, 5.74) is 0.909. The van der Waals surface area contributed by atoms with E-state index in [2.05, 4.69) is 0 Å². The maximum absolute atomic E-state index is 12.0. The number of benzene rings is 1. The summed E-state index contributed by atoms with van der Waals surface area (Å²) in [6, 6.07) is 7.45. The zero-order valence-electron chi connectivity index (χ0n) is 12.2. The van der Waals surface area contributed by atoms with Crippen LogP contribution in [0.2, 0.25) is 0 Å². The molecular formula is C17H21NO3. The summed E-state index contributed by atoms with van der Waals surface area (Å²) in [4.78, 5) is 25.4. The van der Waals surface area contributed by atoms with Crippen molar-refractivity contribution in [2.75, 3.05) is 18.1 Å². The van der Waals surface area contributed by atoms with E-state index < -0.39 is 0 Å². The van der Waals surface area contributed by atoms with Crippen molar-refractivity contribution in [1.82, 2.24) is 0 Å². The first-order chi connectivity index (χ1) is 10.2. The lowest BCUT2D eigenvalue weighted by Gasteiger charge is -2.16. The van der Waals surface area contributed by atoms with Gasteiger partial charge in [0.05, 0.1) is 0 Å². The maximum Gasteiger partial charge on any atom is 0.227 e. The Morgan fingerprint density at radius 2 is 1.86 bits per heavy atom. The molecule has 1 amide bonds. The standard InChI is InChI=1S/C17H21NO3/c19-16(13-4-1-2-5-13)12-21-15-9-7-14(8-10-15)18-11-3-6-17(18)20/h7-10,13H,1-6,11-12H2. The average molecular weight is 287 g/mol. The molecule has 0 aromatic heterocycles. The number of hydrogen-bond acceptors (Lipinski definition) is 3. The topological polar surface area (TPSA) is 46.6 Å². The van der Waals surface area contributed by atoms with Gasteiger partial charge in [-0.25, -0.2) is 0 Å². The number of anilines is 1. The van der Waals surface area contributed by atoms with Gasteiger partial charge in [-0.1, -0.05) is 12.8 Å². The number of ketones is 1. The van der Waals surface area contributed by atoms with Crippen LogP contribution in [0.1, 0.15) is 38.5 Å². The van der Waals surface area contributed by atoms with Gasteiger partial charge < -0.3 is 9.64 Å². The lowest BCUT2D eigenvalue weighted by atomic mass is 10.0. The number of carbonyl (C=O) groups is 2. The van der Waals surface area contributed by atoms with Crippen LogP contribution in [0.3, 0.4) is 0 Å². The fourth-order valence-electron chi connectivity index (χ4n) is 3.16. The molecule has 4 nitrogen and oxygen atoms in total. The Morgan fingerprint density at radius 3 is 2.48 bits per heavy atom. The van der Waals surface area contributed by atoms with Crippen molar-refractivity contribution in [1.29, 1.82) is 0 Å². The highest BCUT2D eigenvalue weighted by molar-refractivity contribution is 5.95. The van der Waals surface area contributed by atoms with Crippen LogP contribution in [0.15, 0.2) is 24.3 Å². The Hall–Kier alpha value is -1.84. The second-order valence-electron chi connectivity index (χ2n) is 5.88. The van der Waals surface area contributed by atoms with Gasteiger partial charge in [-0.05, 0) is 43.5 Å². The van der Waals surface area contributed by atoms with Crippen LogP contribution in [-0.4, -0.2) is 24.8 Å². The molecule has 1 heterocycles. The fraction of sp³-hybridized carbons (Fsp3) is 0.529. The Kier molecular flexibility index (Phi) is 4.23. The third-order valence-corrected chi connectivity index (χ3v) is 4.41. The summed E-state index contributed by atoms with van der Waals surface area (Å²) < 4.78 is 5.57. The summed E-state index contributed by atoms with van der Waals surface area (Å²) in [5, 5.41) is 0. The summed E-state index contributed by atoms with van der Waals surface area (Å²) >= 11 is 0. The van der Waals surface area contributed by atoms with Gasteiger partial charge >= 0.3 is 0 Å². The SMILES string of the molecule is O=C(COc1ccc(N2CCCC2=O)cc1)C1CCCC1. The van der Waals surface area contributed by atoms with Gasteiger partial charge in [0.25, 0.3) is 0 Å². The number of nitrogens with zero attached hydrogens (tertiary/aromatic N) is 1. The van der Waals surface area contributed by atoms with E-state index in [1.54, 1.807) is 4.90 Å². The van der Waals surface area contributed by atoms with Crippen LogP contribution < -0.4 is 9.64 Å². The molecule has 1 aliphatic heterocycles. The van der Waals surface area contributed by atoms with Gasteiger partial charge in [0.2, 0.25) is 5.91 Å². The zero-order valence-corrected chi connectivity index (χ0v) is 12.2. The Morgan fingerprint density at radius 1 is 1.14 bits per heavy atom. The Balaban J connectivity index is 1.54. The van der Waals surface area contributed by atoms with Crippen LogP contribution in [0.5, 0.6) is 5.75 Å². The van der Waals surface area contributed by atoms with Gasteiger partial charge in [0, 0.05) is 24.6 Å². The minimum absolute atomic E-state index is 0.159. The lowest BCUT2D eigenvalue weighted by molar-refractivity contribution is -0.124. The minimum Gasteiger partial charge on any atom is -0.486 e. The molecule has 1 saturated heterocycles. The maximum atomic E-state index is 12.0. The molecule has 2 aliphatic rings. The molecule has 1 aromatic rings. The predicted octanol–water partition coefficient (Wildman–Crippen LogP) is 2.95. The van der Waals surface area contributed by atoms with E-state index >= 15 is 0 Å². The molecule has 4 heteroatoms. The fourth-order valence-corrected chi connectivity index (χ4v) is 3.16. The molecule has 1 aromatic carbocycles.